The van der Waals surface area contributed by atoms with E-state index in [1.54, 1.807) is 0 Å². The number of rotatable bonds is 4. The van der Waals surface area contributed by atoms with Crippen LogP contribution in [0.25, 0.3) is 77.8 Å². The summed E-state index contributed by atoms with van der Waals surface area (Å²) in [6.45, 7) is 6.44. The molecule has 0 N–H and O–H groups in total. The zero-order chi connectivity index (χ0) is 31.6. The normalized spacial score (nSPS) is 11.7. The van der Waals surface area contributed by atoms with Crippen LogP contribution in [0.4, 0.5) is 0 Å². The largest absolute Gasteiger partial charge is 0.307 e. The van der Waals surface area contributed by atoms with Gasteiger partial charge in [-0.1, -0.05) is 47.5 Å². The van der Waals surface area contributed by atoms with Crippen LogP contribution in [0, 0.1) is 20.8 Å². The first-order chi connectivity index (χ1) is 23.0. The lowest BCUT2D eigenvalue weighted by Gasteiger charge is -2.15. The molecule has 6 heterocycles. The first-order valence-electron chi connectivity index (χ1n) is 15.8. The lowest BCUT2D eigenvalue weighted by atomic mass is 10.0. The smallest absolute Gasteiger partial charge is 0.138 e. The van der Waals surface area contributed by atoms with Crippen molar-refractivity contribution in [2.24, 2.45) is 0 Å². The van der Waals surface area contributed by atoms with Crippen molar-refractivity contribution in [3.63, 3.8) is 0 Å². The highest BCUT2D eigenvalue weighted by molar-refractivity contribution is 6.10. The molecule has 0 spiro atoms. The number of benzene rings is 3. The van der Waals surface area contributed by atoms with E-state index >= 15 is 0 Å². The summed E-state index contributed by atoms with van der Waals surface area (Å²) in [6, 6.07) is 36.1. The van der Waals surface area contributed by atoms with Gasteiger partial charge in [0.1, 0.15) is 5.82 Å². The fraction of sp³-hybridized carbons (Fsp3) is 0.0732. The molecule has 9 aromatic rings. The van der Waals surface area contributed by atoms with E-state index in [4.69, 9.17) is 9.97 Å². The zero-order valence-electron chi connectivity index (χ0n) is 26.3. The van der Waals surface area contributed by atoms with E-state index in [9.17, 15) is 0 Å². The van der Waals surface area contributed by atoms with Crippen molar-refractivity contribution in [1.29, 1.82) is 0 Å². The lowest BCUT2D eigenvalue weighted by Crippen LogP contribution is -2.01. The summed E-state index contributed by atoms with van der Waals surface area (Å²) in [5.74, 6) is 0.833. The second kappa shape index (κ2) is 10.5. The van der Waals surface area contributed by atoms with Crippen LogP contribution in [0.2, 0.25) is 0 Å². The van der Waals surface area contributed by atoms with Crippen molar-refractivity contribution in [3.8, 4) is 34.2 Å². The van der Waals surface area contributed by atoms with Gasteiger partial charge in [0.05, 0.1) is 51.5 Å². The van der Waals surface area contributed by atoms with E-state index in [0.717, 1.165) is 67.2 Å². The highest BCUT2D eigenvalue weighted by Crippen LogP contribution is 2.36. The van der Waals surface area contributed by atoms with Gasteiger partial charge in [0, 0.05) is 45.2 Å². The van der Waals surface area contributed by atoms with Gasteiger partial charge in [-0.3, -0.25) is 14.5 Å². The summed E-state index contributed by atoms with van der Waals surface area (Å²) in [6.07, 6.45) is 7.60. The fourth-order valence-corrected chi connectivity index (χ4v) is 7.03. The average Bonchev–Trinajstić information content (AvgIpc) is 3.60. The molecule has 0 unspecified atom stereocenters. The molecule has 6 aromatic heterocycles. The molecule has 0 radical (unpaired) electrons. The number of hydrogen-bond acceptors (Lipinski definition) is 4. The Hall–Kier alpha value is -6.14. The highest BCUT2D eigenvalue weighted by atomic mass is 15.1. The monoisotopic (exact) mass is 606 g/mol. The van der Waals surface area contributed by atoms with Crippen molar-refractivity contribution in [2.45, 2.75) is 20.8 Å². The Balaban J connectivity index is 1.17. The maximum Gasteiger partial charge on any atom is 0.138 e. The van der Waals surface area contributed by atoms with Gasteiger partial charge in [0.25, 0.3) is 0 Å². The summed E-state index contributed by atoms with van der Waals surface area (Å²) >= 11 is 0. The molecule has 0 saturated carbocycles. The predicted molar refractivity (Wildman–Crippen MR) is 191 cm³/mol. The molecule has 6 nitrogen and oxygen atoms in total. The van der Waals surface area contributed by atoms with Crippen molar-refractivity contribution in [2.75, 3.05) is 0 Å². The van der Waals surface area contributed by atoms with Crippen molar-refractivity contribution in [1.82, 2.24) is 29.1 Å². The van der Waals surface area contributed by atoms with Gasteiger partial charge in [-0.2, -0.15) is 0 Å². The summed E-state index contributed by atoms with van der Waals surface area (Å²) in [7, 11) is 0. The molecule has 0 atom stereocenters. The van der Waals surface area contributed by atoms with Crippen LogP contribution in [-0.4, -0.2) is 29.1 Å². The minimum atomic E-state index is 0.813. The quantitative estimate of drug-likeness (QED) is 0.200. The van der Waals surface area contributed by atoms with Gasteiger partial charge in [-0.15, -0.1) is 0 Å². The van der Waals surface area contributed by atoms with Crippen LogP contribution in [0.15, 0.2) is 128 Å². The van der Waals surface area contributed by atoms with Crippen LogP contribution in [0.1, 0.15) is 16.7 Å². The number of hydrogen-bond donors (Lipinski definition) is 0. The number of nitrogens with zero attached hydrogens (tertiary/aromatic N) is 6. The fourth-order valence-electron chi connectivity index (χ4n) is 7.03. The second-order valence-corrected chi connectivity index (χ2v) is 12.2. The minimum Gasteiger partial charge on any atom is -0.307 e. The first kappa shape index (κ1) is 27.2. The summed E-state index contributed by atoms with van der Waals surface area (Å²) in [5, 5.41) is 4.78. The van der Waals surface area contributed by atoms with E-state index in [2.05, 4.69) is 131 Å². The molecule has 0 aliphatic carbocycles. The molecular weight excluding hydrogens is 576 g/mol. The van der Waals surface area contributed by atoms with E-state index < -0.39 is 0 Å². The van der Waals surface area contributed by atoms with Crippen LogP contribution >= 0.6 is 0 Å². The maximum atomic E-state index is 5.19. The Morgan fingerprint density at radius 3 is 1.74 bits per heavy atom. The van der Waals surface area contributed by atoms with Crippen molar-refractivity contribution >= 4 is 43.6 Å². The van der Waals surface area contributed by atoms with E-state index in [-0.39, 0.29) is 0 Å². The van der Waals surface area contributed by atoms with Gasteiger partial charge in [0.2, 0.25) is 0 Å². The van der Waals surface area contributed by atoms with Gasteiger partial charge >= 0.3 is 0 Å². The van der Waals surface area contributed by atoms with Gasteiger partial charge in [0.15, 0.2) is 0 Å². The number of aromatic nitrogens is 6. The molecule has 0 bridgehead atoms. The van der Waals surface area contributed by atoms with E-state index in [1.807, 2.05) is 36.9 Å². The summed E-state index contributed by atoms with van der Waals surface area (Å²) in [5.41, 5.74) is 12.7. The third-order valence-corrected chi connectivity index (χ3v) is 9.25. The molecule has 3 aromatic carbocycles. The highest BCUT2D eigenvalue weighted by Gasteiger charge is 2.18. The summed E-state index contributed by atoms with van der Waals surface area (Å²) in [4.78, 5) is 19.3. The SMILES string of the molecule is Cc1ccc2c(c1)c1ccncc1n2-c1cccc(-c2cccc(-c3cccc(-n4c5ccc(C)cc5c5ccncc54)c3C)n2)n1. The third kappa shape index (κ3) is 4.26. The predicted octanol–water partition coefficient (Wildman–Crippen LogP) is 9.72. The standard InChI is InChI=1S/C41H30N6/c1-25-13-15-37-31(21-25)29-17-19-42-23-39(29)46(37)36-11-4-7-28(27(36)3)33-8-5-9-34(44-33)35-10-6-12-41(45-35)47-38-16-14-26(2)22-32(38)30-18-20-43-24-40(30)47/h4-24H,1-3H3. The van der Waals surface area contributed by atoms with Crippen molar-refractivity contribution in [3.05, 3.63) is 145 Å². The van der Waals surface area contributed by atoms with Gasteiger partial charge < -0.3 is 4.57 Å². The second-order valence-electron chi connectivity index (χ2n) is 12.2. The Kier molecular flexibility index (Phi) is 6.05. The Morgan fingerprint density at radius 1 is 0.468 bits per heavy atom. The molecular formula is C41H30N6. The molecule has 0 saturated heterocycles. The molecule has 0 amide bonds. The molecule has 47 heavy (non-hydrogen) atoms. The molecule has 0 fully saturated rings. The van der Waals surface area contributed by atoms with Crippen LogP contribution in [0.3, 0.4) is 0 Å². The Labute approximate surface area is 271 Å². The van der Waals surface area contributed by atoms with Gasteiger partial charge in [-0.25, -0.2) is 9.97 Å². The van der Waals surface area contributed by atoms with E-state index in [0.29, 0.717) is 0 Å². The van der Waals surface area contributed by atoms with Crippen LogP contribution < -0.4 is 0 Å². The third-order valence-electron chi connectivity index (χ3n) is 9.25. The molecule has 9 rings (SSSR count). The van der Waals surface area contributed by atoms with Crippen molar-refractivity contribution < 1.29 is 0 Å². The molecule has 0 aliphatic heterocycles. The average molecular weight is 607 g/mol. The van der Waals surface area contributed by atoms with Crippen LogP contribution in [0.5, 0.6) is 0 Å². The Morgan fingerprint density at radius 2 is 1.04 bits per heavy atom. The van der Waals surface area contributed by atoms with E-state index in [1.165, 1.54) is 27.3 Å². The number of aryl methyl sites for hydroxylation is 2. The Bertz CT molecular complexity index is 2680. The van der Waals surface area contributed by atoms with Crippen LogP contribution in [-0.2, 0) is 0 Å². The lowest BCUT2D eigenvalue weighted by molar-refractivity contribution is 1.07. The first-order valence-corrected chi connectivity index (χ1v) is 15.8. The maximum absolute atomic E-state index is 5.19. The number of fused-ring (bicyclic) bond motifs is 6. The molecule has 6 heteroatoms. The molecule has 0 aliphatic rings. The van der Waals surface area contributed by atoms with Gasteiger partial charge in [-0.05, 0) is 93.1 Å². The number of pyridine rings is 4. The molecule has 224 valence electrons. The topological polar surface area (TPSA) is 61.4 Å². The minimum absolute atomic E-state index is 0.813. The zero-order valence-corrected chi connectivity index (χ0v) is 26.3. The summed E-state index contributed by atoms with van der Waals surface area (Å²) < 4.78 is 4.52.